The summed E-state index contributed by atoms with van der Waals surface area (Å²) < 4.78 is 1.79. The Morgan fingerprint density at radius 1 is 1.30 bits per heavy atom. The summed E-state index contributed by atoms with van der Waals surface area (Å²) in [6, 6.07) is 6.27. The third kappa shape index (κ3) is 5.00. The molecule has 7 heteroatoms. The van der Waals surface area contributed by atoms with Crippen LogP contribution in [0.15, 0.2) is 30.5 Å². The Morgan fingerprint density at radius 3 is 2.78 bits per heavy atom. The van der Waals surface area contributed by atoms with E-state index in [1.54, 1.807) is 28.9 Å². The van der Waals surface area contributed by atoms with Crippen LogP contribution in [0.5, 0.6) is 5.75 Å². The maximum Gasteiger partial charge on any atom is 0.324 e. The van der Waals surface area contributed by atoms with Gasteiger partial charge in [0.15, 0.2) is 5.82 Å². The molecule has 0 atom stereocenters. The van der Waals surface area contributed by atoms with Gasteiger partial charge in [0.1, 0.15) is 5.75 Å². The largest absolute Gasteiger partial charge is 0.508 e. The summed E-state index contributed by atoms with van der Waals surface area (Å²) >= 11 is 0. The molecular formula is C16H23N5O2. The van der Waals surface area contributed by atoms with Crippen molar-refractivity contribution in [2.45, 2.75) is 19.9 Å². The fourth-order valence-corrected chi connectivity index (χ4v) is 2.12. The lowest BCUT2D eigenvalue weighted by molar-refractivity contribution is 0.262. The number of carbonyl (C=O) groups is 1. The number of aryl methyl sites for hydroxylation is 1. The highest BCUT2D eigenvalue weighted by atomic mass is 16.3. The molecule has 1 aromatic heterocycles. The molecule has 124 valence electrons. The first-order valence-corrected chi connectivity index (χ1v) is 7.56. The Labute approximate surface area is 135 Å². The van der Waals surface area contributed by atoms with Crippen molar-refractivity contribution in [3.05, 3.63) is 36.0 Å². The highest BCUT2D eigenvalue weighted by molar-refractivity contribution is 5.99. The first-order chi connectivity index (χ1) is 11.0. The number of nitrogens with one attached hydrogen (secondary N) is 2. The summed E-state index contributed by atoms with van der Waals surface area (Å²) in [7, 11) is 4.00. The van der Waals surface area contributed by atoms with Gasteiger partial charge in [-0.05, 0) is 44.3 Å². The first kappa shape index (κ1) is 16.8. The van der Waals surface area contributed by atoms with Crippen molar-refractivity contribution >= 4 is 17.5 Å². The average Bonchev–Trinajstić information content (AvgIpc) is 2.94. The number of urea groups is 1. The van der Waals surface area contributed by atoms with Gasteiger partial charge < -0.3 is 15.3 Å². The van der Waals surface area contributed by atoms with Gasteiger partial charge in [0.05, 0.1) is 6.54 Å². The molecule has 7 nitrogen and oxygen atoms in total. The van der Waals surface area contributed by atoms with Crippen LogP contribution < -0.4 is 10.6 Å². The third-order valence-corrected chi connectivity index (χ3v) is 3.38. The molecule has 0 unspecified atom stereocenters. The van der Waals surface area contributed by atoms with Crippen LogP contribution in [0.1, 0.15) is 12.5 Å². The Hall–Kier alpha value is -2.54. The number of aromatic hydroxyl groups is 1. The lowest BCUT2D eigenvalue weighted by atomic mass is 10.1. The number of phenols is 1. The van der Waals surface area contributed by atoms with Crippen LogP contribution in [-0.2, 0) is 13.0 Å². The van der Waals surface area contributed by atoms with Crippen molar-refractivity contribution in [1.29, 1.82) is 0 Å². The van der Waals surface area contributed by atoms with Gasteiger partial charge in [-0.25, -0.2) is 4.79 Å². The molecule has 0 aliphatic carbocycles. The van der Waals surface area contributed by atoms with Gasteiger partial charge in [-0.2, -0.15) is 5.10 Å². The van der Waals surface area contributed by atoms with Gasteiger partial charge in [0.25, 0.3) is 0 Å². The van der Waals surface area contributed by atoms with E-state index in [0.717, 1.165) is 18.7 Å². The van der Waals surface area contributed by atoms with E-state index in [0.29, 0.717) is 17.9 Å². The quantitative estimate of drug-likeness (QED) is 0.714. The van der Waals surface area contributed by atoms with Crippen LogP contribution in [0, 0.1) is 0 Å². The van der Waals surface area contributed by atoms with Gasteiger partial charge in [-0.15, -0.1) is 0 Å². The Kier molecular flexibility index (Phi) is 5.59. The SMILES string of the molecule is CCc1cc(O)ccc1NC(=O)Nc1ccn(CCN(C)C)n1. The average molecular weight is 317 g/mol. The number of anilines is 2. The van der Waals surface area contributed by atoms with Gasteiger partial charge >= 0.3 is 6.03 Å². The molecular weight excluding hydrogens is 294 g/mol. The normalized spacial score (nSPS) is 10.8. The van der Waals surface area contributed by atoms with Gasteiger partial charge in [-0.1, -0.05) is 6.92 Å². The van der Waals surface area contributed by atoms with Crippen LogP contribution in [0.3, 0.4) is 0 Å². The standard InChI is InChI=1S/C16H23N5O2/c1-4-12-11-13(22)5-6-14(12)17-16(23)18-15-7-8-21(19-15)10-9-20(2)3/h5-8,11,22H,4,9-10H2,1-3H3,(H2,17,18,19,23). The fourth-order valence-electron chi connectivity index (χ4n) is 2.12. The van der Waals surface area contributed by atoms with Crippen LogP contribution in [0.4, 0.5) is 16.3 Å². The van der Waals surface area contributed by atoms with Gasteiger partial charge in [-0.3, -0.25) is 10.00 Å². The zero-order valence-corrected chi connectivity index (χ0v) is 13.7. The summed E-state index contributed by atoms with van der Waals surface area (Å²) in [5, 5.41) is 19.3. The molecule has 0 saturated carbocycles. The Balaban J connectivity index is 1.95. The minimum absolute atomic E-state index is 0.187. The second kappa shape index (κ2) is 7.64. The second-order valence-electron chi connectivity index (χ2n) is 5.54. The minimum atomic E-state index is -0.358. The fraction of sp³-hybridized carbons (Fsp3) is 0.375. The summed E-state index contributed by atoms with van der Waals surface area (Å²) in [5.74, 6) is 0.686. The predicted molar refractivity (Wildman–Crippen MR) is 90.9 cm³/mol. The van der Waals surface area contributed by atoms with Crippen molar-refractivity contribution < 1.29 is 9.90 Å². The Morgan fingerprint density at radius 2 is 2.09 bits per heavy atom. The first-order valence-electron chi connectivity index (χ1n) is 7.56. The lowest BCUT2D eigenvalue weighted by Crippen LogP contribution is -2.21. The molecule has 0 bridgehead atoms. The monoisotopic (exact) mass is 317 g/mol. The molecule has 2 aromatic rings. The van der Waals surface area contributed by atoms with E-state index in [-0.39, 0.29) is 11.8 Å². The molecule has 2 amide bonds. The topological polar surface area (TPSA) is 82.4 Å². The number of hydrogen-bond donors (Lipinski definition) is 3. The molecule has 0 saturated heterocycles. The van der Waals surface area contributed by atoms with Crippen molar-refractivity contribution in [2.75, 3.05) is 31.3 Å². The molecule has 0 fully saturated rings. The number of benzene rings is 1. The molecule has 1 aromatic carbocycles. The van der Waals surface area contributed by atoms with E-state index in [1.807, 2.05) is 27.2 Å². The summed E-state index contributed by atoms with van der Waals surface area (Å²) in [6.07, 6.45) is 2.54. The summed E-state index contributed by atoms with van der Waals surface area (Å²) in [4.78, 5) is 14.1. The van der Waals surface area contributed by atoms with E-state index >= 15 is 0 Å². The zero-order valence-electron chi connectivity index (χ0n) is 13.7. The molecule has 0 radical (unpaired) electrons. The van der Waals surface area contributed by atoms with Crippen LogP contribution in [-0.4, -0.2) is 46.5 Å². The number of likely N-dealkylation sites (N-methyl/N-ethyl adjacent to an activating group) is 1. The smallest absolute Gasteiger partial charge is 0.324 e. The van der Waals surface area contributed by atoms with E-state index in [1.165, 1.54) is 0 Å². The maximum atomic E-state index is 12.1. The van der Waals surface area contributed by atoms with E-state index in [4.69, 9.17) is 0 Å². The number of hydrogen-bond acceptors (Lipinski definition) is 4. The maximum absolute atomic E-state index is 12.1. The Bertz CT molecular complexity index is 666. The number of aromatic nitrogens is 2. The van der Waals surface area contributed by atoms with Crippen molar-refractivity contribution in [3.63, 3.8) is 0 Å². The van der Waals surface area contributed by atoms with E-state index in [2.05, 4.69) is 20.6 Å². The highest BCUT2D eigenvalue weighted by Crippen LogP contribution is 2.21. The number of nitrogens with zero attached hydrogens (tertiary/aromatic N) is 3. The molecule has 0 aliphatic heterocycles. The number of rotatable bonds is 6. The molecule has 0 spiro atoms. The molecule has 1 heterocycles. The molecule has 23 heavy (non-hydrogen) atoms. The molecule has 0 aliphatic rings. The summed E-state index contributed by atoms with van der Waals surface area (Å²) in [6.45, 7) is 3.60. The van der Waals surface area contributed by atoms with Gasteiger partial charge in [0, 0.05) is 24.5 Å². The van der Waals surface area contributed by atoms with Crippen molar-refractivity contribution in [3.8, 4) is 5.75 Å². The molecule has 3 N–H and O–H groups in total. The van der Waals surface area contributed by atoms with E-state index < -0.39 is 0 Å². The third-order valence-electron chi connectivity index (χ3n) is 3.38. The van der Waals surface area contributed by atoms with Crippen molar-refractivity contribution in [1.82, 2.24) is 14.7 Å². The van der Waals surface area contributed by atoms with E-state index in [9.17, 15) is 9.90 Å². The molecule has 2 rings (SSSR count). The lowest BCUT2D eigenvalue weighted by Gasteiger charge is -2.11. The number of amides is 2. The predicted octanol–water partition coefficient (Wildman–Crippen LogP) is 2.36. The summed E-state index contributed by atoms with van der Waals surface area (Å²) in [5.41, 5.74) is 1.55. The van der Waals surface area contributed by atoms with Crippen LogP contribution in [0.25, 0.3) is 0 Å². The van der Waals surface area contributed by atoms with Crippen LogP contribution in [0.2, 0.25) is 0 Å². The van der Waals surface area contributed by atoms with Gasteiger partial charge in [0.2, 0.25) is 0 Å². The highest BCUT2D eigenvalue weighted by Gasteiger charge is 2.08. The number of phenolic OH excluding ortho intramolecular Hbond substituents is 1. The second-order valence-corrected chi connectivity index (χ2v) is 5.54. The minimum Gasteiger partial charge on any atom is -0.508 e. The number of carbonyl (C=O) groups excluding carboxylic acids is 1. The zero-order chi connectivity index (χ0) is 16.8. The van der Waals surface area contributed by atoms with Crippen molar-refractivity contribution in [2.24, 2.45) is 0 Å². The van der Waals surface area contributed by atoms with Crippen LogP contribution >= 0.6 is 0 Å².